The first-order valence-corrected chi connectivity index (χ1v) is 8.17. The predicted molar refractivity (Wildman–Crippen MR) is 97.6 cm³/mol. The third-order valence-corrected chi connectivity index (χ3v) is 4.07. The average molecular weight is 372 g/mol. The molecule has 0 aliphatic heterocycles. The van der Waals surface area contributed by atoms with Gasteiger partial charge in [0.2, 0.25) is 5.91 Å². The van der Waals surface area contributed by atoms with Crippen molar-refractivity contribution in [3.05, 3.63) is 62.6 Å². The van der Waals surface area contributed by atoms with Gasteiger partial charge in [0.05, 0.1) is 22.3 Å². The van der Waals surface area contributed by atoms with Crippen LogP contribution in [-0.4, -0.2) is 24.4 Å². The Hall–Kier alpha value is -1.26. The Morgan fingerprint density at radius 1 is 1.09 bits per heavy atom. The maximum absolute atomic E-state index is 12.2. The van der Waals surface area contributed by atoms with Crippen molar-refractivity contribution >= 4 is 46.4 Å². The number of nitrogens with zero attached hydrogens (tertiary/aromatic N) is 1. The van der Waals surface area contributed by atoms with Crippen LogP contribution in [0.5, 0.6) is 0 Å². The van der Waals surface area contributed by atoms with E-state index in [2.05, 4.69) is 29.6 Å². The first-order valence-electron chi connectivity index (χ1n) is 7.03. The molecule has 0 aliphatic carbocycles. The summed E-state index contributed by atoms with van der Waals surface area (Å²) < 4.78 is 0. The van der Waals surface area contributed by atoms with Crippen molar-refractivity contribution in [2.75, 3.05) is 18.9 Å². The Labute approximate surface area is 151 Å². The van der Waals surface area contributed by atoms with Crippen LogP contribution in [0.1, 0.15) is 11.1 Å². The number of hydrogen-bond acceptors (Lipinski definition) is 2. The molecule has 6 heteroatoms. The summed E-state index contributed by atoms with van der Waals surface area (Å²) >= 11 is 18.0. The van der Waals surface area contributed by atoms with E-state index < -0.39 is 0 Å². The summed E-state index contributed by atoms with van der Waals surface area (Å²) in [6.07, 6.45) is 0. The maximum atomic E-state index is 12.2. The molecule has 0 unspecified atom stereocenters. The molecule has 3 nitrogen and oxygen atoms in total. The molecule has 1 amide bonds. The molecule has 23 heavy (non-hydrogen) atoms. The Morgan fingerprint density at radius 2 is 1.65 bits per heavy atom. The minimum absolute atomic E-state index is 0.189. The van der Waals surface area contributed by atoms with Crippen LogP contribution in [0.25, 0.3) is 0 Å². The molecule has 2 rings (SSSR count). The van der Waals surface area contributed by atoms with Gasteiger partial charge in [0, 0.05) is 11.6 Å². The zero-order chi connectivity index (χ0) is 17.0. The van der Waals surface area contributed by atoms with E-state index in [0.29, 0.717) is 27.3 Å². The van der Waals surface area contributed by atoms with E-state index in [-0.39, 0.29) is 12.5 Å². The molecular formula is C17H17Cl3N2O. The summed E-state index contributed by atoms with van der Waals surface area (Å²) in [6.45, 7) is 2.94. The summed E-state index contributed by atoms with van der Waals surface area (Å²) in [5.74, 6) is -0.189. The van der Waals surface area contributed by atoms with Crippen LogP contribution in [-0.2, 0) is 11.3 Å². The molecule has 2 aromatic rings. The van der Waals surface area contributed by atoms with Crippen molar-refractivity contribution < 1.29 is 4.79 Å². The van der Waals surface area contributed by atoms with Crippen LogP contribution >= 0.6 is 34.8 Å². The van der Waals surface area contributed by atoms with Crippen molar-refractivity contribution in [1.82, 2.24) is 4.90 Å². The highest BCUT2D eigenvalue weighted by Crippen LogP contribution is 2.33. The van der Waals surface area contributed by atoms with E-state index in [1.165, 1.54) is 5.56 Å². The molecule has 0 bridgehead atoms. The molecule has 0 heterocycles. The number of carbonyl (C=O) groups is 1. The highest BCUT2D eigenvalue weighted by molar-refractivity contribution is 6.42. The standard InChI is InChI=1S/C17H17Cl3N2O/c1-11-3-5-12(6-4-11)9-22(2)10-16(23)21-17-14(19)7-13(18)8-15(17)20/h3-8H,9-10H2,1-2H3,(H,21,23). The van der Waals surface area contributed by atoms with Gasteiger partial charge in [-0.05, 0) is 31.7 Å². The van der Waals surface area contributed by atoms with Gasteiger partial charge in [-0.3, -0.25) is 9.69 Å². The van der Waals surface area contributed by atoms with Crippen molar-refractivity contribution in [2.24, 2.45) is 0 Å². The lowest BCUT2D eigenvalue weighted by molar-refractivity contribution is -0.117. The molecule has 0 spiro atoms. The Bertz CT molecular complexity index is 678. The summed E-state index contributed by atoms with van der Waals surface area (Å²) in [5, 5.41) is 3.79. The lowest BCUT2D eigenvalue weighted by Crippen LogP contribution is -2.30. The van der Waals surface area contributed by atoms with E-state index in [0.717, 1.165) is 5.56 Å². The number of hydrogen-bond donors (Lipinski definition) is 1. The molecule has 0 aliphatic rings. The lowest BCUT2D eigenvalue weighted by atomic mass is 10.1. The molecule has 2 aromatic carbocycles. The molecule has 0 saturated heterocycles. The number of amides is 1. The predicted octanol–water partition coefficient (Wildman–Crippen LogP) is 5.03. The first kappa shape index (κ1) is 18.1. The van der Waals surface area contributed by atoms with Crippen molar-refractivity contribution in [3.8, 4) is 0 Å². The van der Waals surface area contributed by atoms with Gasteiger partial charge < -0.3 is 5.32 Å². The number of likely N-dealkylation sites (N-methyl/N-ethyl adjacent to an activating group) is 1. The van der Waals surface area contributed by atoms with Crippen LogP contribution in [0.2, 0.25) is 15.1 Å². The molecular weight excluding hydrogens is 355 g/mol. The summed E-state index contributed by atoms with van der Waals surface area (Å²) in [4.78, 5) is 14.1. The fourth-order valence-electron chi connectivity index (χ4n) is 2.15. The number of halogens is 3. The molecule has 0 atom stereocenters. The zero-order valence-corrected chi connectivity index (χ0v) is 15.1. The molecule has 122 valence electrons. The minimum Gasteiger partial charge on any atom is -0.322 e. The van der Waals surface area contributed by atoms with E-state index in [1.807, 2.05) is 18.9 Å². The Morgan fingerprint density at radius 3 is 2.22 bits per heavy atom. The van der Waals surface area contributed by atoms with Crippen molar-refractivity contribution in [3.63, 3.8) is 0 Å². The number of carbonyl (C=O) groups excluding carboxylic acids is 1. The smallest absolute Gasteiger partial charge is 0.238 e. The molecule has 0 saturated carbocycles. The SMILES string of the molecule is Cc1ccc(CN(C)CC(=O)Nc2c(Cl)cc(Cl)cc2Cl)cc1. The van der Waals surface area contributed by atoms with Gasteiger partial charge in [-0.1, -0.05) is 64.6 Å². The van der Waals surface area contributed by atoms with E-state index in [9.17, 15) is 4.79 Å². The van der Waals surface area contributed by atoms with Crippen LogP contribution in [0, 0.1) is 6.92 Å². The van der Waals surface area contributed by atoms with Crippen LogP contribution in [0.15, 0.2) is 36.4 Å². The Kier molecular flexibility index (Phi) is 6.31. The average Bonchev–Trinajstić information content (AvgIpc) is 2.45. The topological polar surface area (TPSA) is 32.3 Å². The van der Waals surface area contributed by atoms with Gasteiger partial charge in [0.1, 0.15) is 0 Å². The second-order valence-electron chi connectivity index (χ2n) is 5.45. The summed E-state index contributed by atoms with van der Waals surface area (Å²) in [7, 11) is 1.88. The summed E-state index contributed by atoms with van der Waals surface area (Å²) in [6, 6.07) is 11.3. The number of aryl methyl sites for hydroxylation is 1. The maximum Gasteiger partial charge on any atom is 0.238 e. The first-order chi connectivity index (χ1) is 10.8. The van der Waals surface area contributed by atoms with Gasteiger partial charge in [0.15, 0.2) is 0 Å². The highest BCUT2D eigenvalue weighted by Gasteiger charge is 2.13. The second-order valence-corrected chi connectivity index (χ2v) is 6.70. The highest BCUT2D eigenvalue weighted by atomic mass is 35.5. The molecule has 0 fully saturated rings. The fraction of sp³-hybridized carbons (Fsp3) is 0.235. The van der Waals surface area contributed by atoms with Gasteiger partial charge >= 0.3 is 0 Å². The lowest BCUT2D eigenvalue weighted by Gasteiger charge is -2.17. The largest absolute Gasteiger partial charge is 0.322 e. The molecule has 1 N–H and O–H groups in total. The quantitative estimate of drug-likeness (QED) is 0.800. The van der Waals surface area contributed by atoms with Crippen LogP contribution in [0.4, 0.5) is 5.69 Å². The van der Waals surface area contributed by atoms with Crippen LogP contribution in [0.3, 0.4) is 0 Å². The minimum atomic E-state index is -0.189. The zero-order valence-electron chi connectivity index (χ0n) is 12.9. The second kappa shape index (κ2) is 8.02. The van der Waals surface area contributed by atoms with Crippen LogP contribution < -0.4 is 5.32 Å². The van der Waals surface area contributed by atoms with Crippen molar-refractivity contribution in [2.45, 2.75) is 13.5 Å². The number of rotatable bonds is 5. The van der Waals surface area contributed by atoms with E-state index in [4.69, 9.17) is 34.8 Å². The monoisotopic (exact) mass is 370 g/mol. The van der Waals surface area contributed by atoms with E-state index >= 15 is 0 Å². The number of benzene rings is 2. The molecule has 0 radical (unpaired) electrons. The number of anilines is 1. The Balaban J connectivity index is 1.95. The van der Waals surface area contributed by atoms with Gasteiger partial charge in [-0.15, -0.1) is 0 Å². The van der Waals surface area contributed by atoms with Gasteiger partial charge in [-0.25, -0.2) is 0 Å². The van der Waals surface area contributed by atoms with Crippen molar-refractivity contribution in [1.29, 1.82) is 0 Å². The fourth-order valence-corrected chi connectivity index (χ4v) is 3.06. The third kappa shape index (κ3) is 5.40. The third-order valence-electron chi connectivity index (χ3n) is 3.26. The summed E-state index contributed by atoms with van der Waals surface area (Å²) in [5.41, 5.74) is 2.74. The normalized spacial score (nSPS) is 10.9. The van der Waals surface area contributed by atoms with Gasteiger partial charge in [0.25, 0.3) is 0 Å². The number of nitrogens with one attached hydrogen (secondary N) is 1. The molecule has 0 aromatic heterocycles. The van der Waals surface area contributed by atoms with Gasteiger partial charge in [-0.2, -0.15) is 0 Å². The van der Waals surface area contributed by atoms with E-state index in [1.54, 1.807) is 12.1 Å².